The maximum Gasteiger partial charge on any atom is 0.302 e. The summed E-state index contributed by atoms with van der Waals surface area (Å²) >= 11 is 0. The van der Waals surface area contributed by atoms with Gasteiger partial charge in [-0.25, -0.2) is 0 Å². The number of ketones is 1. The summed E-state index contributed by atoms with van der Waals surface area (Å²) < 4.78 is 12.0. The summed E-state index contributed by atoms with van der Waals surface area (Å²) in [6, 6.07) is 0. The molecule has 4 nitrogen and oxygen atoms in total. The van der Waals surface area contributed by atoms with E-state index in [0.717, 1.165) is 51.4 Å². The highest BCUT2D eigenvalue weighted by Gasteiger charge is 2.76. The number of epoxide rings is 1. The molecule has 0 radical (unpaired) electrons. The van der Waals surface area contributed by atoms with Crippen molar-refractivity contribution in [2.24, 2.45) is 28.6 Å². The molecule has 0 N–H and O–H groups in total. The Morgan fingerprint density at radius 1 is 1.16 bits per heavy atom. The second-order valence-electron chi connectivity index (χ2n) is 9.92. The number of fused-ring (bicyclic) bond motifs is 4. The van der Waals surface area contributed by atoms with Gasteiger partial charge in [-0.3, -0.25) is 9.59 Å². The molecule has 4 aliphatic carbocycles. The lowest BCUT2D eigenvalue weighted by Gasteiger charge is -2.58. The van der Waals surface area contributed by atoms with Gasteiger partial charge >= 0.3 is 5.97 Å². The maximum absolute atomic E-state index is 12.5. The van der Waals surface area contributed by atoms with Gasteiger partial charge in [-0.1, -0.05) is 13.8 Å². The van der Waals surface area contributed by atoms with E-state index in [9.17, 15) is 9.59 Å². The van der Waals surface area contributed by atoms with Crippen LogP contribution in [0.25, 0.3) is 0 Å². The van der Waals surface area contributed by atoms with Crippen LogP contribution in [0.1, 0.15) is 72.1 Å². The van der Waals surface area contributed by atoms with Crippen LogP contribution in [0.5, 0.6) is 0 Å². The van der Waals surface area contributed by atoms with Gasteiger partial charge in [0.25, 0.3) is 0 Å². The van der Waals surface area contributed by atoms with Crippen molar-refractivity contribution in [3.8, 4) is 0 Å². The lowest BCUT2D eigenvalue weighted by Crippen LogP contribution is -2.58. The Hall–Kier alpha value is -0.900. The molecule has 1 spiro atoms. The molecule has 4 heteroatoms. The Balaban J connectivity index is 1.44. The molecule has 0 bridgehead atoms. The third kappa shape index (κ3) is 1.92. The minimum atomic E-state index is -0.172. The molecule has 0 aromatic heterocycles. The molecular formula is C21H30O4. The molecule has 0 aromatic rings. The molecule has 8 atom stereocenters. The fraction of sp³-hybridized carbons (Fsp3) is 0.905. The Labute approximate surface area is 150 Å². The summed E-state index contributed by atoms with van der Waals surface area (Å²) in [5, 5.41) is 0. The van der Waals surface area contributed by atoms with Crippen molar-refractivity contribution in [1.82, 2.24) is 0 Å². The fourth-order valence-corrected chi connectivity index (χ4v) is 7.75. The maximum atomic E-state index is 12.5. The number of carbonyl (C=O) groups excluding carboxylic acids is 2. The number of rotatable bonds is 1. The van der Waals surface area contributed by atoms with Crippen LogP contribution in [0.3, 0.4) is 0 Å². The number of ether oxygens (including phenoxy) is 2. The fourth-order valence-electron chi connectivity index (χ4n) is 7.75. The largest absolute Gasteiger partial charge is 0.462 e. The first-order valence-electron chi connectivity index (χ1n) is 10.2. The van der Waals surface area contributed by atoms with Crippen molar-refractivity contribution in [3.63, 3.8) is 0 Å². The third-order valence-electron chi connectivity index (χ3n) is 9.08. The van der Waals surface area contributed by atoms with Crippen LogP contribution in [0, 0.1) is 28.6 Å². The highest BCUT2D eigenvalue weighted by molar-refractivity contribution is 5.87. The zero-order chi connectivity index (χ0) is 17.6. The third-order valence-corrected chi connectivity index (χ3v) is 9.08. The van der Waals surface area contributed by atoms with E-state index in [4.69, 9.17) is 9.47 Å². The average Bonchev–Trinajstić information content (AvgIpc) is 3.15. The first kappa shape index (κ1) is 16.3. The van der Waals surface area contributed by atoms with Crippen LogP contribution in [-0.4, -0.2) is 29.6 Å². The molecular weight excluding hydrogens is 316 g/mol. The van der Waals surface area contributed by atoms with Crippen molar-refractivity contribution in [1.29, 1.82) is 0 Å². The molecule has 0 amide bonds. The zero-order valence-electron chi connectivity index (χ0n) is 15.7. The highest BCUT2D eigenvalue weighted by atomic mass is 16.6. The van der Waals surface area contributed by atoms with Crippen molar-refractivity contribution in [2.75, 3.05) is 0 Å². The molecule has 25 heavy (non-hydrogen) atoms. The predicted molar refractivity (Wildman–Crippen MR) is 91.8 cm³/mol. The first-order chi connectivity index (χ1) is 11.8. The van der Waals surface area contributed by atoms with E-state index in [1.54, 1.807) is 0 Å². The molecule has 5 rings (SSSR count). The van der Waals surface area contributed by atoms with Gasteiger partial charge in [-0.2, -0.15) is 0 Å². The van der Waals surface area contributed by atoms with E-state index in [2.05, 4.69) is 13.8 Å². The Morgan fingerprint density at radius 3 is 2.72 bits per heavy atom. The standard InChI is InChI=1S/C21H30O4/c1-12(22)24-13-6-9-20(3)16-7-8-19(2)15(4-5-17(19)23)14(16)10-18-21(20,11-13)25-18/h13-16,18H,4-11H2,1-3H3/t13-,14-,15-,16-,18?,19-,20+,21?/m0/s1. The normalized spacial score (nSPS) is 56.3. The van der Waals surface area contributed by atoms with Crippen LogP contribution < -0.4 is 0 Å². The van der Waals surface area contributed by atoms with Gasteiger partial charge < -0.3 is 9.47 Å². The molecule has 5 fully saturated rings. The minimum absolute atomic E-state index is 0.0223. The summed E-state index contributed by atoms with van der Waals surface area (Å²) in [7, 11) is 0. The van der Waals surface area contributed by atoms with Gasteiger partial charge in [-0.05, 0) is 56.3 Å². The van der Waals surface area contributed by atoms with Gasteiger partial charge in [0.05, 0.1) is 6.10 Å². The summed E-state index contributed by atoms with van der Waals surface area (Å²) in [5.74, 6) is 2.19. The Kier molecular flexibility index (Phi) is 3.18. The van der Waals surface area contributed by atoms with Crippen LogP contribution in [0.15, 0.2) is 0 Å². The molecule has 0 aromatic carbocycles. The number of esters is 1. The van der Waals surface area contributed by atoms with Crippen molar-refractivity contribution in [3.05, 3.63) is 0 Å². The molecule has 2 unspecified atom stereocenters. The number of hydrogen-bond donors (Lipinski definition) is 0. The summed E-state index contributed by atoms with van der Waals surface area (Å²) in [6.45, 7) is 6.18. The predicted octanol–water partition coefficient (Wildman–Crippen LogP) is 3.66. The van der Waals surface area contributed by atoms with Gasteiger partial charge in [0, 0.05) is 30.6 Å². The van der Waals surface area contributed by atoms with E-state index >= 15 is 0 Å². The molecule has 1 heterocycles. The summed E-state index contributed by atoms with van der Waals surface area (Å²) in [4.78, 5) is 23.9. The molecule has 1 saturated heterocycles. The SMILES string of the molecule is CC(=O)O[C@H]1CC[C@]2(C)[C@H]3CC[C@]4(C)C(=O)CC[C@H]4[C@@H]3CC3OC32C1. The number of hydrogen-bond acceptors (Lipinski definition) is 4. The van der Waals surface area contributed by atoms with E-state index < -0.39 is 0 Å². The smallest absolute Gasteiger partial charge is 0.302 e. The highest BCUT2D eigenvalue weighted by Crippen LogP contribution is 2.73. The first-order valence-corrected chi connectivity index (χ1v) is 10.2. The lowest BCUT2D eigenvalue weighted by molar-refractivity contribution is -0.157. The van der Waals surface area contributed by atoms with Gasteiger partial charge in [0.15, 0.2) is 0 Å². The topological polar surface area (TPSA) is 55.9 Å². The van der Waals surface area contributed by atoms with E-state index in [1.807, 2.05) is 0 Å². The Morgan fingerprint density at radius 2 is 1.96 bits per heavy atom. The average molecular weight is 346 g/mol. The summed E-state index contributed by atoms with van der Waals surface area (Å²) in [6.07, 6.45) is 8.45. The summed E-state index contributed by atoms with van der Waals surface area (Å²) in [5.41, 5.74) is 0.0500. The molecule has 5 aliphatic rings. The van der Waals surface area contributed by atoms with Gasteiger partial charge in [-0.15, -0.1) is 0 Å². The van der Waals surface area contributed by atoms with Crippen LogP contribution in [0.4, 0.5) is 0 Å². The number of carbonyl (C=O) groups is 2. The van der Waals surface area contributed by atoms with Crippen LogP contribution in [0.2, 0.25) is 0 Å². The quantitative estimate of drug-likeness (QED) is 0.537. The Bertz CT molecular complexity index is 644. The lowest BCUT2D eigenvalue weighted by atomic mass is 9.45. The van der Waals surface area contributed by atoms with Crippen LogP contribution >= 0.6 is 0 Å². The molecule has 1 aliphatic heterocycles. The second kappa shape index (κ2) is 4.88. The van der Waals surface area contributed by atoms with Crippen molar-refractivity contribution < 1.29 is 19.1 Å². The van der Waals surface area contributed by atoms with Crippen molar-refractivity contribution >= 4 is 11.8 Å². The zero-order valence-corrected chi connectivity index (χ0v) is 15.7. The second-order valence-corrected chi connectivity index (χ2v) is 9.92. The van der Waals surface area contributed by atoms with Gasteiger partial charge in [0.1, 0.15) is 17.5 Å². The van der Waals surface area contributed by atoms with Crippen molar-refractivity contribution in [2.45, 2.75) is 89.9 Å². The van der Waals surface area contributed by atoms with Crippen LogP contribution in [-0.2, 0) is 19.1 Å². The van der Waals surface area contributed by atoms with Gasteiger partial charge in [0.2, 0.25) is 0 Å². The van der Waals surface area contributed by atoms with E-state index in [1.165, 1.54) is 6.92 Å². The van der Waals surface area contributed by atoms with E-state index in [-0.39, 0.29) is 28.5 Å². The molecule has 138 valence electrons. The number of Topliss-reactive ketones (excluding diaryl/α,β-unsaturated/α-hetero) is 1. The monoisotopic (exact) mass is 346 g/mol. The minimum Gasteiger partial charge on any atom is -0.462 e. The van der Waals surface area contributed by atoms with E-state index in [0.29, 0.717) is 29.6 Å². The molecule has 4 saturated carbocycles.